The van der Waals surface area contributed by atoms with E-state index in [0.29, 0.717) is 5.41 Å². The topological polar surface area (TPSA) is 41.1 Å². The van der Waals surface area contributed by atoms with Crippen LogP contribution in [0.25, 0.3) is 0 Å². The maximum absolute atomic E-state index is 4.84. The van der Waals surface area contributed by atoms with Crippen molar-refractivity contribution in [1.29, 1.82) is 0 Å². The Hall–Kier alpha value is -1.16. The van der Waals surface area contributed by atoms with Crippen molar-refractivity contribution in [3.8, 4) is 0 Å². The standard InChI is InChI=1S/C16H26N4/c1-16(2,3)13-4-5-14-12(10-13)11-18-15(19-14)20-8-6-17-7-9-20/h11,13,17H,4-10H2,1-3H3. The number of rotatable bonds is 1. The van der Waals surface area contributed by atoms with Crippen LogP contribution in [0, 0.1) is 11.3 Å². The van der Waals surface area contributed by atoms with Crippen molar-refractivity contribution in [1.82, 2.24) is 15.3 Å². The van der Waals surface area contributed by atoms with Gasteiger partial charge in [-0.05, 0) is 36.2 Å². The highest BCUT2D eigenvalue weighted by molar-refractivity contribution is 5.35. The molecule has 3 rings (SSSR count). The molecule has 110 valence electrons. The van der Waals surface area contributed by atoms with Crippen LogP contribution in [0.1, 0.15) is 38.4 Å². The van der Waals surface area contributed by atoms with Gasteiger partial charge in [0.15, 0.2) is 0 Å². The van der Waals surface area contributed by atoms with E-state index in [1.807, 2.05) is 0 Å². The highest BCUT2D eigenvalue weighted by Crippen LogP contribution is 2.36. The molecule has 2 heterocycles. The first-order valence-corrected chi connectivity index (χ1v) is 7.84. The number of anilines is 1. The molecular weight excluding hydrogens is 248 g/mol. The molecule has 1 aliphatic carbocycles. The third-order valence-corrected chi connectivity index (χ3v) is 4.76. The van der Waals surface area contributed by atoms with E-state index in [2.05, 4.69) is 42.2 Å². The first-order valence-electron chi connectivity index (χ1n) is 7.84. The largest absolute Gasteiger partial charge is 0.338 e. The second-order valence-electron chi connectivity index (χ2n) is 7.18. The number of aryl methyl sites for hydroxylation is 1. The fourth-order valence-electron chi connectivity index (χ4n) is 3.25. The summed E-state index contributed by atoms with van der Waals surface area (Å²) < 4.78 is 0. The molecule has 0 bridgehead atoms. The van der Waals surface area contributed by atoms with Crippen LogP contribution >= 0.6 is 0 Å². The second-order valence-corrected chi connectivity index (χ2v) is 7.18. The first kappa shape index (κ1) is 13.8. The summed E-state index contributed by atoms with van der Waals surface area (Å²) >= 11 is 0. The average Bonchev–Trinajstić information content (AvgIpc) is 2.46. The molecule has 1 fully saturated rings. The molecule has 1 aliphatic heterocycles. The number of piperazine rings is 1. The summed E-state index contributed by atoms with van der Waals surface area (Å²) in [4.78, 5) is 11.8. The Labute approximate surface area is 122 Å². The number of nitrogens with zero attached hydrogens (tertiary/aromatic N) is 3. The highest BCUT2D eigenvalue weighted by Gasteiger charge is 2.29. The SMILES string of the molecule is CC(C)(C)C1CCc2nc(N3CCNCC3)ncc2C1. The summed E-state index contributed by atoms with van der Waals surface area (Å²) in [5.74, 6) is 1.68. The Morgan fingerprint density at radius 2 is 2.00 bits per heavy atom. The average molecular weight is 274 g/mol. The Balaban J connectivity index is 1.78. The van der Waals surface area contributed by atoms with Crippen molar-refractivity contribution in [2.24, 2.45) is 11.3 Å². The lowest BCUT2D eigenvalue weighted by Gasteiger charge is -2.35. The Morgan fingerprint density at radius 1 is 1.25 bits per heavy atom. The molecule has 1 saturated heterocycles. The third-order valence-electron chi connectivity index (χ3n) is 4.76. The van der Waals surface area contributed by atoms with Crippen LogP contribution < -0.4 is 10.2 Å². The van der Waals surface area contributed by atoms with E-state index in [-0.39, 0.29) is 0 Å². The second kappa shape index (κ2) is 5.32. The molecule has 0 spiro atoms. The van der Waals surface area contributed by atoms with Gasteiger partial charge < -0.3 is 10.2 Å². The molecule has 0 amide bonds. The Bertz CT molecular complexity index is 472. The van der Waals surface area contributed by atoms with E-state index in [1.54, 1.807) is 0 Å². The summed E-state index contributed by atoms with van der Waals surface area (Å²) in [5, 5.41) is 3.37. The molecular formula is C16H26N4. The van der Waals surface area contributed by atoms with Gasteiger partial charge >= 0.3 is 0 Å². The van der Waals surface area contributed by atoms with Crippen LogP contribution in [-0.2, 0) is 12.8 Å². The summed E-state index contributed by atoms with van der Waals surface area (Å²) in [5.41, 5.74) is 3.04. The van der Waals surface area contributed by atoms with Gasteiger partial charge in [0.05, 0.1) is 0 Å². The number of nitrogens with one attached hydrogen (secondary N) is 1. The van der Waals surface area contributed by atoms with Gasteiger partial charge in [-0.15, -0.1) is 0 Å². The van der Waals surface area contributed by atoms with Gasteiger partial charge in [0.1, 0.15) is 0 Å². The van der Waals surface area contributed by atoms with E-state index >= 15 is 0 Å². The molecule has 0 aromatic carbocycles. The monoisotopic (exact) mass is 274 g/mol. The van der Waals surface area contributed by atoms with E-state index in [9.17, 15) is 0 Å². The van der Waals surface area contributed by atoms with Gasteiger partial charge in [0, 0.05) is 38.1 Å². The van der Waals surface area contributed by atoms with Crippen molar-refractivity contribution >= 4 is 5.95 Å². The first-order chi connectivity index (χ1) is 9.54. The third kappa shape index (κ3) is 2.80. The van der Waals surface area contributed by atoms with Gasteiger partial charge in [-0.3, -0.25) is 0 Å². The fourth-order valence-corrected chi connectivity index (χ4v) is 3.25. The van der Waals surface area contributed by atoms with Gasteiger partial charge in [-0.2, -0.15) is 0 Å². The lowest BCUT2D eigenvalue weighted by Crippen LogP contribution is -2.44. The number of aromatic nitrogens is 2. The quantitative estimate of drug-likeness (QED) is 0.851. The minimum Gasteiger partial charge on any atom is -0.338 e. The molecule has 2 aliphatic rings. The highest BCUT2D eigenvalue weighted by atomic mass is 15.3. The van der Waals surface area contributed by atoms with Gasteiger partial charge in [0.2, 0.25) is 5.95 Å². The molecule has 1 aromatic heterocycles. The molecule has 1 aromatic rings. The normalized spacial score (nSPS) is 23.6. The van der Waals surface area contributed by atoms with Crippen molar-refractivity contribution < 1.29 is 0 Å². The maximum Gasteiger partial charge on any atom is 0.225 e. The van der Waals surface area contributed by atoms with E-state index in [1.165, 1.54) is 17.7 Å². The molecule has 4 nitrogen and oxygen atoms in total. The number of hydrogen-bond acceptors (Lipinski definition) is 4. The van der Waals surface area contributed by atoms with E-state index in [4.69, 9.17) is 4.98 Å². The molecule has 1 atom stereocenters. The van der Waals surface area contributed by atoms with Crippen LogP contribution in [0.4, 0.5) is 5.95 Å². The van der Waals surface area contributed by atoms with E-state index in [0.717, 1.165) is 50.9 Å². The Morgan fingerprint density at radius 3 is 2.70 bits per heavy atom. The van der Waals surface area contributed by atoms with Gasteiger partial charge in [-0.1, -0.05) is 20.8 Å². The van der Waals surface area contributed by atoms with Crippen molar-refractivity contribution in [3.63, 3.8) is 0 Å². The van der Waals surface area contributed by atoms with Crippen LogP contribution in [0.15, 0.2) is 6.20 Å². The zero-order valence-corrected chi connectivity index (χ0v) is 12.9. The number of fused-ring (bicyclic) bond motifs is 1. The summed E-state index contributed by atoms with van der Waals surface area (Å²) in [7, 11) is 0. The summed E-state index contributed by atoms with van der Waals surface area (Å²) in [6.45, 7) is 11.1. The van der Waals surface area contributed by atoms with E-state index < -0.39 is 0 Å². The summed E-state index contributed by atoms with van der Waals surface area (Å²) in [6.07, 6.45) is 5.59. The predicted molar refractivity (Wildman–Crippen MR) is 82.1 cm³/mol. The van der Waals surface area contributed by atoms with Crippen molar-refractivity contribution in [3.05, 3.63) is 17.5 Å². The van der Waals surface area contributed by atoms with Crippen LogP contribution in [-0.4, -0.2) is 36.1 Å². The lowest BCUT2D eigenvalue weighted by molar-refractivity contribution is 0.214. The van der Waals surface area contributed by atoms with Crippen molar-refractivity contribution in [2.75, 3.05) is 31.1 Å². The minimum atomic E-state index is 0.384. The molecule has 1 unspecified atom stereocenters. The molecule has 4 heteroatoms. The predicted octanol–water partition coefficient (Wildman–Crippen LogP) is 2.04. The zero-order chi connectivity index (χ0) is 14.2. The van der Waals surface area contributed by atoms with Crippen LogP contribution in [0.3, 0.4) is 0 Å². The zero-order valence-electron chi connectivity index (χ0n) is 12.9. The van der Waals surface area contributed by atoms with Crippen LogP contribution in [0.5, 0.6) is 0 Å². The lowest BCUT2D eigenvalue weighted by atomic mass is 9.72. The maximum atomic E-state index is 4.84. The Kier molecular flexibility index (Phi) is 3.67. The fraction of sp³-hybridized carbons (Fsp3) is 0.750. The molecule has 20 heavy (non-hydrogen) atoms. The molecule has 1 N–H and O–H groups in total. The molecule has 0 radical (unpaired) electrons. The van der Waals surface area contributed by atoms with Crippen molar-refractivity contribution in [2.45, 2.75) is 40.0 Å². The number of hydrogen-bond donors (Lipinski definition) is 1. The smallest absolute Gasteiger partial charge is 0.225 e. The van der Waals surface area contributed by atoms with Crippen LogP contribution in [0.2, 0.25) is 0 Å². The summed E-state index contributed by atoms with van der Waals surface area (Å²) in [6, 6.07) is 0. The van der Waals surface area contributed by atoms with Gasteiger partial charge in [-0.25, -0.2) is 9.97 Å². The van der Waals surface area contributed by atoms with Gasteiger partial charge in [0.25, 0.3) is 0 Å². The minimum absolute atomic E-state index is 0.384. The molecule has 0 saturated carbocycles.